The Kier molecular flexibility index (Phi) is 4.04. The normalized spacial score (nSPS) is 32.8. The summed E-state index contributed by atoms with van der Waals surface area (Å²) in [4.78, 5) is 0. The van der Waals surface area contributed by atoms with Gasteiger partial charge in [0.2, 0.25) is 0 Å². The van der Waals surface area contributed by atoms with Crippen LogP contribution in [0.15, 0.2) is 0 Å². The Labute approximate surface area is 92.4 Å². The first-order chi connectivity index (χ1) is 7.14. The Balaban J connectivity index is 2.77. The maximum Gasteiger partial charge on any atom is 0.391 e. The minimum atomic E-state index is -4.63. The molecule has 8 heteroatoms. The van der Waals surface area contributed by atoms with Crippen LogP contribution in [0.5, 0.6) is 0 Å². The van der Waals surface area contributed by atoms with E-state index in [-0.39, 0.29) is 12.0 Å². The van der Waals surface area contributed by atoms with Crippen LogP contribution in [0.25, 0.3) is 0 Å². The molecular weight excluding hydrogens is 258 g/mol. The van der Waals surface area contributed by atoms with Crippen LogP contribution in [0.2, 0.25) is 0 Å². The highest BCUT2D eigenvalue weighted by Crippen LogP contribution is 2.47. The van der Waals surface area contributed by atoms with Crippen molar-refractivity contribution in [1.29, 1.82) is 0 Å². The highest BCUT2D eigenvalue weighted by atomic mass is 32.2. The number of hydrogen-bond donors (Lipinski definition) is 1. The van der Waals surface area contributed by atoms with Gasteiger partial charge in [0.15, 0.2) is 0 Å². The van der Waals surface area contributed by atoms with E-state index >= 15 is 0 Å². The first kappa shape index (κ1) is 14.0. The summed E-state index contributed by atoms with van der Waals surface area (Å²) in [7, 11) is 0. The Morgan fingerprint density at radius 3 is 1.44 bits per heavy atom. The van der Waals surface area contributed by atoms with E-state index in [4.69, 9.17) is 4.55 Å². The predicted octanol–water partition coefficient (Wildman–Crippen LogP) is 4.10. The van der Waals surface area contributed by atoms with E-state index in [2.05, 4.69) is 0 Å². The Bertz CT molecular complexity index is 216. The topological polar surface area (TPSA) is 20.2 Å². The molecule has 0 radical (unpaired) electrons. The monoisotopic (exact) mass is 268 g/mol. The lowest BCUT2D eigenvalue weighted by Crippen LogP contribution is -2.39. The van der Waals surface area contributed by atoms with E-state index in [1.165, 1.54) is 0 Å². The molecule has 0 aromatic rings. The second-order valence-corrected chi connectivity index (χ2v) is 4.79. The molecule has 2 unspecified atom stereocenters. The molecule has 1 aliphatic carbocycles. The van der Waals surface area contributed by atoms with Gasteiger partial charge in [0.25, 0.3) is 0 Å². The highest BCUT2D eigenvalue weighted by molar-refractivity contribution is 7.94. The molecule has 1 nitrogen and oxygen atoms in total. The fraction of sp³-hybridized carbons (Fsp3) is 1.00. The summed E-state index contributed by atoms with van der Waals surface area (Å²) >= 11 is 0.0855. The predicted molar refractivity (Wildman–Crippen MR) is 46.9 cm³/mol. The quantitative estimate of drug-likeness (QED) is 0.570. The van der Waals surface area contributed by atoms with E-state index in [9.17, 15) is 26.3 Å². The number of halogens is 6. The van der Waals surface area contributed by atoms with Crippen LogP contribution < -0.4 is 0 Å². The Morgan fingerprint density at radius 2 is 1.19 bits per heavy atom. The van der Waals surface area contributed by atoms with Crippen molar-refractivity contribution in [2.75, 3.05) is 0 Å². The molecular formula is C8H10F6OS. The number of hydrogen-bond acceptors (Lipinski definition) is 2. The lowest BCUT2D eigenvalue weighted by atomic mass is 9.80. The summed E-state index contributed by atoms with van der Waals surface area (Å²) in [5, 5.41) is -0.994. The minimum Gasteiger partial charge on any atom is -0.330 e. The fourth-order valence-corrected chi connectivity index (χ4v) is 2.52. The van der Waals surface area contributed by atoms with Gasteiger partial charge in [-0.25, -0.2) is 0 Å². The smallest absolute Gasteiger partial charge is 0.330 e. The maximum atomic E-state index is 12.4. The highest BCUT2D eigenvalue weighted by Gasteiger charge is 2.51. The molecule has 16 heavy (non-hydrogen) atoms. The van der Waals surface area contributed by atoms with Crippen molar-refractivity contribution in [3.8, 4) is 0 Å². The zero-order valence-corrected chi connectivity index (χ0v) is 8.79. The van der Waals surface area contributed by atoms with Gasteiger partial charge in [0.05, 0.1) is 11.8 Å². The van der Waals surface area contributed by atoms with Gasteiger partial charge in [0.1, 0.15) is 0 Å². The third-order valence-corrected chi connectivity index (χ3v) is 3.42. The largest absolute Gasteiger partial charge is 0.391 e. The van der Waals surface area contributed by atoms with Crippen LogP contribution in [-0.4, -0.2) is 22.2 Å². The first-order valence-electron chi connectivity index (χ1n) is 4.58. The molecule has 1 fully saturated rings. The van der Waals surface area contributed by atoms with Gasteiger partial charge in [-0.3, -0.25) is 0 Å². The van der Waals surface area contributed by atoms with E-state index in [0.717, 1.165) is 0 Å². The third kappa shape index (κ3) is 3.44. The second kappa shape index (κ2) is 4.64. The van der Waals surface area contributed by atoms with Crippen molar-refractivity contribution >= 4 is 12.0 Å². The Hall–Kier alpha value is -0.110. The summed E-state index contributed by atoms with van der Waals surface area (Å²) in [6.07, 6.45) is -11.1. The molecule has 96 valence electrons. The van der Waals surface area contributed by atoms with Crippen LogP contribution >= 0.6 is 12.0 Å². The molecule has 1 N–H and O–H groups in total. The zero-order chi connectivity index (χ0) is 12.6. The van der Waals surface area contributed by atoms with Crippen LogP contribution in [0.1, 0.15) is 19.3 Å². The molecule has 0 amide bonds. The molecule has 0 saturated heterocycles. The van der Waals surface area contributed by atoms with Crippen LogP contribution in [-0.2, 0) is 0 Å². The van der Waals surface area contributed by atoms with Crippen molar-refractivity contribution < 1.29 is 30.9 Å². The van der Waals surface area contributed by atoms with Crippen LogP contribution in [0.3, 0.4) is 0 Å². The summed E-state index contributed by atoms with van der Waals surface area (Å²) < 4.78 is 82.8. The molecule has 1 aliphatic rings. The minimum absolute atomic E-state index is 0.0855. The van der Waals surface area contributed by atoms with Crippen molar-refractivity contribution in [2.24, 2.45) is 11.8 Å². The average molecular weight is 268 g/mol. The van der Waals surface area contributed by atoms with E-state index < -0.39 is 48.7 Å². The average Bonchev–Trinajstić information content (AvgIpc) is 2.14. The van der Waals surface area contributed by atoms with Crippen molar-refractivity contribution in [3.05, 3.63) is 0 Å². The van der Waals surface area contributed by atoms with Gasteiger partial charge in [0, 0.05) is 5.25 Å². The summed E-state index contributed by atoms with van der Waals surface area (Å²) in [6.45, 7) is 0. The number of alkyl halides is 6. The van der Waals surface area contributed by atoms with Crippen molar-refractivity contribution in [3.63, 3.8) is 0 Å². The van der Waals surface area contributed by atoms with Crippen molar-refractivity contribution in [1.82, 2.24) is 0 Å². The third-order valence-electron chi connectivity index (χ3n) is 2.74. The summed E-state index contributed by atoms with van der Waals surface area (Å²) in [6, 6.07) is 0. The maximum absolute atomic E-state index is 12.4. The van der Waals surface area contributed by atoms with E-state index in [1.807, 2.05) is 0 Å². The molecule has 0 bridgehead atoms. The standard InChI is InChI=1S/C8H10F6OS/c9-7(10,11)4-1-5(8(12,13)14)3-6(2-4)16-15/h4-6,15H,1-3H2. The lowest BCUT2D eigenvalue weighted by Gasteiger charge is -2.35. The second-order valence-electron chi connectivity index (χ2n) is 3.91. The Morgan fingerprint density at radius 1 is 0.812 bits per heavy atom. The summed E-state index contributed by atoms with van der Waals surface area (Å²) in [5.41, 5.74) is 0. The van der Waals surface area contributed by atoms with Gasteiger partial charge >= 0.3 is 12.4 Å². The van der Waals surface area contributed by atoms with E-state index in [1.54, 1.807) is 0 Å². The van der Waals surface area contributed by atoms with Crippen molar-refractivity contribution in [2.45, 2.75) is 36.9 Å². The molecule has 1 saturated carbocycles. The summed E-state index contributed by atoms with van der Waals surface area (Å²) in [5.74, 6) is -3.95. The van der Waals surface area contributed by atoms with Crippen LogP contribution in [0, 0.1) is 11.8 Å². The van der Waals surface area contributed by atoms with Gasteiger partial charge in [-0.1, -0.05) is 0 Å². The molecule has 0 aromatic heterocycles. The molecule has 0 heterocycles. The fourth-order valence-electron chi connectivity index (χ4n) is 1.89. The molecule has 2 atom stereocenters. The van der Waals surface area contributed by atoms with E-state index in [0.29, 0.717) is 0 Å². The molecule has 0 aromatic carbocycles. The van der Waals surface area contributed by atoms with Gasteiger partial charge in [-0.15, -0.1) is 0 Å². The lowest BCUT2D eigenvalue weighted by molar-refractivity contribution is -0.221. The number of rotatable bonds is 1. The van der Waals surface area contributed by atoms with Gasteiger partial charge in [-0.05, 0) is 31.3 Å². The first-order valence-corrected chi connectivity index (χ1v) is 5.42. The molecule has 1 rings (SSSR count). The molecule has 0 spiro atoms. The van der Waals surface area contributed by atoms with Gasteiger partial charge < -0.3 is 4.55 Å². The van der Waals surface area contributed by atoms with Gasteiger partial charge in [-0.2, -0.15) is 26.3 Å². The SMILES string of the molecule is OSC1CC(C(F)(F)F)CC(C(F)(F)F)C1. The van der Waals surface area contributed by atoms with Crippen LogP contribution in [0.4, 0.5) is 26.3 Å². The zero-order valence-electron chi connectivity index (χ0n) is 7.98. The molecule has 0 aliphatic heterocycles.